The standard InChI is InChI=1S/C14H20N2O2/c1-9-5-6-13(17)11(8-9)10(2)16-12-4-3-7-15-14(12)18/h5-6,8,10,12,16-17H,3-4,7H2,1-2H3,(H,15,18). The van der Waals surface area contributed by atoms with Gasteiger partial charge in [0.15, 0.2) is 0 Å². The first-order valence-electron chi connectivity index (χ1n) is 6.41. The van der Waals surface area contributed by atoms with E-state index in [0.717, 1.165) is 30.5 Å². The second kappa shape index (κ2) is 5.40. The zero-order chi connectivity index (χ0) is 13.1. The Bertz CT molecular complexity index is 445. The van der Waals surface area contributed by atoms with Crippen LogP contribution >= 0.6 is 0 Å². The van der Waals surface area contributed by atoms with E-state index < -0.39 is 0 Å². The average molecular weight is 248 g/mol. The minimum atomic E-state index is -0.159. The number of piperidine rings is 1. The van der Waals surface area contributed by atoms with Crippen molar-refractivity contribution in [3.63, 3.8) is 0 Å². The molecule has 1 amide bonds. The van der Waals surface area contributed by atoms with Crippen molar-refractivity contribution in [2.24, 2.45) is 0 Å². The smallest absolute Gasteiger partial charge is 0.237 e. The van der Waals surface area contributed by atoms with Crippen molar-refractivity contribution in [2.45, 2.75) is 38.8 Å². The van der Waals surface area contributed by atoms with E-state index in [-0.39, 0.29) is 23.7 Å². The Kier molecular flexibility index (Phi) is 3.87. The van der Waals surface area contributed by atoms with Crippen molar-refractivity contribution in [2.75, 3.05) is 6.54 Å². The van der Waals surface area contributed by atoms with E-state index in [0.29, 0.717) is 0 Å². The molecule has 4 heteroatoms. The van der Waals surface area contributed by atoms with Crippen molar-refractivity contribution in [1.29, 1.82) is 0 Å². The van der Waals surface area contributed by atoms with Crippen molar-refractivity contribution in [3.8, 4) is 5.75 Å². The molecule has 0 bridgehead atoms. The van der Waals surface area contributed by atoms with Gasteiger partial charge < -0.3 is 10.4 Å². The Morgan fingerprint density at radius 1 is 1.50 bits per heavy atom. The Labute approximate surface area is 107 Å². The highest BCUT2D eigenvalue weighted by atomic mass is 16.3. The molecule has 4 nitrogen and oxygen atoms in total. The fraction of sp³-hybridized carbons (Fsp3) is 0.500. The third-order valence-electron chi connectivity index (χ3n) is 3.39. The minimum Gasteiger partial charge on any atom is -0.508 e. The molecule has 2 rings (SSSR count). The molecule has 1 heterocycles. The normalized spacial score (nSPS) is 21.4. The molecule has 1 fully saturated rings. The molecule has 1 aliphatic rings. The molecular weight excluding hydrogens is 228 g/mol. The molecule has 18 heavy (non-hydrogen) atoms. The van der Waals surface area contributed by atoms with Crippen LogP contribution in [0.5, 0.6) is 5.75 Å². The van der Waals surface area contributed by atoms with Crippen LogP contribution < -0.4 is 10.6 Å². The number of phenolic OH excluding ortho intramolecular Hbond substituents is 1. The first-order valence-corrected chi connectivity index (χ1v) is 6.41. The molecule has 2 atom stereocenters. The summed E-state index contributed by atoms with van der Waals surface area (Å²) >= 11 is 0. The topological polar surface area (TPSA) is 61.4 Å². The van der Waals surface area contributed by atoms with Gasteiger partial charge in [0.05, 0.1) is 6.04 Å². The molecule has 1 aromatic carbocycles. The van der Waals surface area contributed by atoms with Gasteiger partial charge in [-0.25, -0.2) is 0 Å². The van der Waals surface area contributed by atoms with Crippen LogP contribution in [0, 0.1) is 6.92 Å². The third-order valence-corrected chi connectivity index (χ3v) is 3.39. The minimum absolute atomic E-state index is 0.0428. The number of rotatable bonds is 3. The second-order valence-corrected chi connectivity index (χ2v) is 4.94. The van der Waals surface area contributed by atoms with E-state index in [1.165, 1.54) is 0 Å². The lowest BCUT2D eigenvalue weighted by Crippen LogP contribution is -2.48. The Hall–Kier alpha value is -1.55. The number of aromatic hydroxyl groups is 1. The van der Waals surface area contributed by atoms with Gasteiger partial charge in [-0.3, -0.25) is 10.1 Å². The Morgan fingerprint density at radius 3 is 3.00 bits per heavy atom. The first-order chi connectivity index (χ1) is 8.58. The third kappa shape index (κ3) is 2.82. The van der Waals surface area contributed by atoms with Crippen LogP contribution in [0.25, 0.3) is 0 Å². The monoisotopic (exact) mass is 248 g/mol. The lowest BCUT2D eigenvalue weighted by molar-refractivity contribution is -0.124. The maximum Gasteiger partial charge on any atom is 0.237 e. The van der Waals surface area contributed by atoms with Crippen LogP contribution in [0.4, 0.5) is 0 Å². The SMILES string of the molecule is Cc1ccc(O)c(C(C)NC2CCCNC2=O)c1. The maximum absolute atomic E-state index is 11.7. The maximum atomic E-state index is 11.7. The van der Waals surface area contributed by atoms with Gasteiger partial charge >= 0.3 is 0 Å². The molecule has 0 spiro atoms. The Morgan fingerprint density at radius 2 is 2.28 bits per heavy atom. The summed E-state index contributed by atoms with van der Waals surface area (Å²) in [7, 11) is 0. The quantitative estimate of drug-likeness (QED) is 0.762. The lowest BCUT2D eigenvalue weighted by atomic mass is 10.0. The molecule has 1 aliphatic heterocycles. The number of hydrogen-bond acceptors (Lipinski definition) is 3. The number of nitrogens with one attached hydrogen (secondary N) is 2. The summed E-state index contributed by atoms with van der Waals surface area (Å²) in [6.07, 6.45) is 1.85. The zero-order valence-electron chi connectivity index (χ0n) is 10.9. The fourth-order valence-corrected chi connectivity index (χ4v) is 2.34. The second-order valence-electron chi connectivity index (χ2n) is 4.94. The van der Waals surface area contributed by atoms with Crippen molar-refractivity contribution in [1.82, 2.24) is 10.6 Å². The molecule has 1 saturated heterocycles. The summed E-state index contributed by atoms with van der Waals surface area (Å²) in [6, 6.07) is 5.32. The number of hydrogen-bond donors (Lipinski definition) is 3. The fourth-order valence-electron chi connectivity index (χ4n) is 2.34. The summed E-state index contributed by atoms with van der Waals surface area (Å²) in [5.74, 6) is 0.331. The van der Waals surface area contributed by atoms with E-state index in [9.17, 15) is 9.90 Å². The zero-order valence-corrected chi connectivity index (χ0v) is 10.9. The first kappa shape index (κ1) is 12.9. The molecule has 0 saturated carbocycles. The Balaban J connectivity index is 2.08. The van der Waals surface area contributed by atoms with Gasteiger partial charge in [0, 0.05) is 18.2 Å². The number of carbonyl (C=O) groups is 1. The highest BCUT2D eigenvalue weighted by molar-refractivity contribution is 5.82. The average Bonchev–Trinajstić information content (AvgIpc) is 2.35. The highest BCUT2D eigenvalue weighted by Crippen LogP contribution is 2.25. The largest absolute Gasteiger partial charge is 0.508 e. The van der Waals surface area contributed by atoms with Gasteiger partial charge in [-0.05, 0) is 32.8 Å². The van der Waals surface area contributed by atoms with E-state index in [1.54, 1.807) is 6.07 Å². The van der Waals surface area contributed by atoms with E-state index >= 15 is 0 Å². The summed E-state index contributed by atoms with van der Waals surface area (Å²) in [4.78, 5) is 11.7. The predicted molar refractivity (Wildman–Crippen MR) is 70.4 cm³/mol. The molecule has 98 valence electrons. The van der Waals surface area contributed by atoms with Gasteiger partial charge in [0.25, 0.3) is 0 Å². The van der Waals surface area contributed by atoms with Crippen LogP contribution in [0.2, 0.25) is 0 Å². The van der Waals surface area contributed by atoms with E-state index in [1.807, 2.05) is 26.0 Å². The van der Waals surface area contributed by atoms with Crippen LogP contribution in [-0.2, 0) is 4.79 Å². The summed E-state index contributed by atoms with van der Waals surface area (Å²) in [5, 5.41) is 16.0. The summed E-state index contributed by atoms with van der Waals surface area (Å²) in [5.41, 5.74) is 1.94. The molecule has 1 aromatic rings. The number of carbonyl (C=O) groups excluding carboxylic acids is 1. The van der Waals surface area contributed by atoms with Gasteiger partial charge in [0.2, 0.25) is 5.91 Å². The number of amides is 1. The van der Waals surface area contributed by atoms with Gasteiger partial charge in [-0.15, -0.1) is 0 Å². The van der Waals surface area contributed by atoms with E-state index in [2.05, 4.69) is 10.6 Å². The molecule has 0 aromatic heterocycles. The number of aryl methyl sites for hydroxylation is 1. The van der Waals surface area contributed by atoms with Crippen molar-refractivity contribution in [3.05, 3.63) is 29.3 Å². The van der Waals surface area contributed by atoms with Crippen LogP contribution in [0.1, 0.15) is 36.9 Å². The van der Waals surface area contributed by atoms with Gasteiger partial charge in [-0.2, -0.15) is 0 Å². The van der Waals surface area contributed by atoms with Crippen LogP contribution in [0.3, 0.4) is 0 Å². The predicted octanol–water partition coefficient (Wildman–Crippen LogP) is 1.63. The molecule has 3 N–H and O–H groups in total. The van der Waals surface area contributed by atoms with Crippen LogP contribution in [0.15, 0.2) is 18.2 Å². The van der Waals surface area contributed by atoms with Crippen LogP contribution in [-0.4, -0.2) is 23.6 Å². The number of phenols is 1. The lowest BCUT2D eigenvalue weighted by Gasteiger charge is -2.26. The molecule has 0 radical (unpaired) electrons. The number of benzene rings is 1. The molecule has 2 unspecified atom stereocenters. The van der Waals surface area contributed by atoms with Crippen molar-refractivity contribution >= 4 is 5.91 Å². The van der Waals surface area contributed by atoms with Gasteiger partial charge in [0.1, 0.15) is 5.75 Å². The highest BCUT2D eigenvalue weighted by Gasteiger charge is 2.24. The van der Waals surface area contributed by atoms with E-state index in [4.69, 9.17) is 0 Å². The molecular formula is C14H20N2O2. The summed E-state index contributed by atoms with van der Waals surface area (Å²) in [6.45, 7) is 4.72. The van der Waals surface area contributed by atoms with Crippen molar-refractivity contribution < 1.29 is 9.90 Å². The summed E-state index contributed by atoms with van der Waals surface area (Å²) < 4.78 is 0. The molecule has 0 aliphatic carbocycles. The van der Waals surface area contributed by atoms with Gasteiger partial charge in [-0.1, -0.05) is 17.7 Å².